The number of nitrogens with zero attached hydrogens (tertiary/aromatic N) is 3. The summed E-state index contributed by atoms with van der Waals surface area (Å²) in [4.78, 5) is 4.75. The van der Waals surface area contributed by atoms with Crippen molar-refractivity contribution in [2.45, 2.75) is 38.5 Å². The molecule has 0 aliphatic carbocycles. The predicted octanol–water partition coefficient (Wildman–Crippen LogP) is 2.57. The van der Waals surface area contributed by atoms with Crippen LogP contribution in [0.15, 0.2) is 41.3 Å². The van der Waals surface area contributed by atoms with Crippen LogP contribution in [0.2, 0.25) is 0 Å². The van der Waals surface area contributed by atoms with E-state index in [1.165, 1.54) is 0 Å². The molecule has 1 N–H and O–H groups in total. The first kappa shape index (κ1) is 17.6. The van der Waals surface area contributed by atoms with Gasteiger partial charge in [-0.25, -0.2) is 22.6 Å². The Balaban J connectivity index is 1.60. The van der Waals surface area contributed by atoms with Gasteiger partial charge in [0.2, 0.25) is 10.0 Å². The van der Waals surface area contributed by atoms with Gasteiger partial charge >= 0.3 is 0 Å². The van der Waals surface area contributed by atoms with E-state index in [9.17, 15) is 8.42 Å². The summed E-state index contributed by atoms with van der Waals surface area (Å²) < 4.78 is 28.9. The first-order valence-electron chi connectivity index (χ1n) is 8.24. The van der Waals surface area contributed by atoms with E-state index in [1.807, 2.05) is 37.4 Å². The van der Waals surface area contributed by atoms with Crippen molar-refractivity contribution in [1.82, 2.24) is 19.3 Å². The average molecular weight is 358 g/mol. The van der Waals surface area contributed by atoms with Crippen molar-refractivity contribution in [1.29, 1.82) is 0 Å². The standard InChI is InChI=1S/C18H22N4O2S/c1-13-6-8-17(9-7-13)25(23,24)19-10-4-5-16-12-18-20-14(2)11-15(3)22(18)21-16/h6-9,11-12,19H,4-5,10H2,1-3H3. The molecule has 0 atom stereocenters. The molecule has 0 aliphatic rings. The molecule has 0 unspecified atom stereocenters. The highest BCUT2D eigenvalue weighted by molar-refractivity contribution is 7.89. The second-order valence-corrected chi connectivity index (χ2v) is 8.03. The minimum absolute atomic E-state index is 0.293. The fraction of sp³-hybridized carbons (Fsp3) is 0.333. The number of aryl methyl sites for hydroxylation is 4. The topological polar surface area (TPSA) is 76.4 Å². The molecule has 6 nitrogen and oxygen atoms in total. The maximum absolute atomic E-state index is 12.2. The summed E-state index contributed by atoms with van der Waals surface area (Å²) in [6, 6.07) is 10.8. The SMILES string of the molecule is Cc1ccc(S(=O)(=O)NCCCc2cc3nc(C)cc(C)n3n2)cc1. The van der Waals surface area contributed by atoms with E-state index >= 15 is 0 Å². The number of fused-ring (bicyclic) bond motifs is 1. The molecule has 3 rings (SSSR count). The van der Waals surface area contributed by atoms with Crippen LogP contribution in [0.4, 0.5) is 0 Å². The highest BCUT2D eigenvalue weighted by Gasteiger charge is 2.13. The van der Waals surface area contributed by atoms with E-state index < -0.39 is 10.0 Å². The van der Waals surface area contributed by atoms with E-state index in [1.54, 1.807) is 24.3 Å². The van der Waals surface area contributed by atoms with Crippen molar-refractivity contribution in [3.63, 3.8) is 0 Å². The Labute approximate surface area is 148 Å². The normalized spacial score (nSPS) is 12.0. The van der Waals surface area contributed by atoms with Crippen molar-refractivity contribution in [3.05, 3.63) is 59.0 Å². The van der Waals surface area contributed by atoms with E-state index in [-0.39, 0.29) is 0 Å². The first-order valence-corrected chi connectivity index (χ1v) is 9.73. The summed E-state index contributed by atoms with van der Waals surface area (Å²) in [7, 11) is -3.46. The lowest BCUT2D eigenvalue weighted by atomic mass is 10.2. The molecule has 0 bridgehead atoms. The van der Waals surface area contributed by atoms with Crippen LogP contribution in [-0.4, -0.2) is 29.6 Å². The van der Waals surface area contributed by atoms with E-state index in [0.29, 0.717) is 24.3 Å². The van der Waals surface area contributed by atoms with Gasteiger partial charge in [-0.05, 0) is 51.8 Å². The van der Waals surface area contributed by atoms with Crippen LogP contribution in [0.1, 0.15) is 29.1 Å². The summed E-state index contributed by atoms with van der Waals surface area (Å²) in [6.45, 7) is 6.25. The van der Waals surface area contributed by atoms with Crippen molar-refractivity contribution < 1.29 is 8.42 Å². The van der Waals surface area contributed by atoms with Crippen molar-refractivity contribution in [3.8, 4) is 0 Å². The molecule has 25 heavy (non-hydrogen) atoms. The first-order chi connectivity index (χ1) is 11.8. The number of rotatable bonds is 6. The molecule has 0 fully saturated rings. The zero-order chi connectivity index (χ0) is 18.0. The van der Waals surface area contributed by atoms with Gasteiger partial charge < -0.3 is 0 Å². The van der Waals surface area contributed by atoms with Crippen LogP contribution >= 0.6 is 0 Å². The Morgan fingerprint density at radius 2 is 1.80 bits per heavy atom. The average Bonchev–Trinajstić information content (AvgIpc) is 2.95. The Hall–Kier alpha value is -2.25. The van der Waals surface area contributed by atoms with E-state index in [4.69, 9.17) is 0 Å². The molecule has 0 radical (unpaired) electrons. The third-order valence-electron chi connectivity index (χ3n) is 4.02. The summed E-state index contributed by atoms with van der Waals surface area (Å²) in [6.07, 6.45) is 1.37. The van der Waals surface area contributed by atoms with E-state index in [2.05, 4.69) is 14.8 Å². The highest BCUT2D eigenvalue weighted by atomic mass is 32.2. The van der Waals surface area contributed by atoms with Gasteiger partial charge in [-0.1, -0.05) is 17.7 Å². The zero-order valence-electron chi connectivity index (χ0n) is 14.7. The summed E-state index contributed by atoms with van der Waals surface area (Å²) in [5.41, 5.74) is 4.77. The second kappa shape index (κ2) is 6.93. The van der Waals surface area contributed by atoms with Crippen LogP contribution in [-0.2, 0) is 16.4 Å². The lowest BCUT2D eigenvalue weighted by molar-refractivity contribution is 0.578. The molecular weight excluding hydrogens is 336 g/mol. The van der Waals surface area contributed by atoms with Gasteiger partial charge in [-0.2, -0.15) is 5.10 Å². The quantitative estimate of drug-likeness (QED) is 0.687. The molecule has 0 amide bonds. The van der Waals surface area contributed by atoms with Crippen LogP contribution in [0.3, 0.4) is 0 Å². The zero-order valence-corrected chi connectivity index (χ0v) is 15.5. The minimum atomic E-state index is -3.46. The highest BCUT2D eigenvalue weighted by Crippen LogP contribution is 2.12. The Morgan fingerprint density at radius 1 is 1.08 bits per heavy atom. The largest absolute Gasteiger partial charge is 0.240 e. The fourth-order valence-corrected chi connectivity index (χ4v) is 3.81. The minimum Gasteiger partial charge on any atom is -0.234 e. The van der Waals surface area contributed by atoms with Crippen LogP contribution in [0.5, 0.6) is 0 Å². The van der Waals surface area contributed by atoms with Gasteiger partial charge in [0.15, 0.2) is 5.65 Å². The smallest absolute Gasteiger partial charge is 0.234 e. The number of hydrogen-bond donors (Lipinski definition) is 1. The summed E-state index contributed by atoms with van der Waals surface area (Å²) >= 11 is 0. The molecular formula is C18H22N4O2S. The van der Waals surface area contributed by atoms with Crippen molar-refractivity contribution in [2.75, 3.05) is 6.54 Å². The Kier molecular flexibility index (Phi) is 4.87. The van der Waals surface area contributed by atoms with Crippen molar-refractivity contribution in [2.24, 2.45) is 0 Å². The third kappa shape index (κ3) is 4.05. The lowest BCUT2D eigenvalue weighted by Crippen LogP contribution is -2.25. The lowest BCUT2D eigenvalue weighted by Gasteiger charge is -2.06. The van der Waals surface area contributed by atoms with Crippen LogP contribution in [0, 0.1) is 20.8 Å². The molecule has 3 aromatic rings. The molecule has 2 aromatic heterocycles. The number of hydrogen-bond acceptors (Lipinski definition) is 4. The second-order valence-electron chi connectivity index (χ2n) is 6.26. The summed E-state index contributed by atoms with van der Waals surface area (Å²) in [5.74, 6) is 0. The van der Waals surface area contributed by atoms with Gasteiger partial charge in [-0.3, -0.25) is 0 Å². The number of nitrogens with one attached hydrogen (secondary N) is 1. The molecule has 0 saturated carbocycles. The maximum atomic E-state index is 12.2. The number of benzene rings is 1. The fourth-order valence-electron chi connectivity index (χ4n) is 2.73. The molecule has 1 aromatic carbocycles. The third-order valence-corrected chi connectivity index (χ3v) is 5.49. The molecule has 7 heteroatoms. The predicted molar refractivity (Wildman–Crippen MR) is 97.1 cm³/mol. The monoisotopic (exact) mass is 358 g/mol. The Morgan fingerprint density at radius 3 is 2.52 bits per heavy atom. The van der Waals surface area contributed by atoms with Gasteiger partial charge in [-0.15, -0.1) is 0 Å². The maximum Gasteiger partial charge on any atom is 0.240 e. The summed E-state index contributed by atoms with van der Waals surface area (Å²) in [5, 5.41) is 4.53. The molecule has 2 heterocycles. The molecule has 0 aliphatic heterocycles. The van der Waals surface area contributed by atoms with Crippen LogP contribution in [0.25, 0.3) is 5.65 Å². The number of sulfonamides is 1. The van der Waals surface area contributed by atoms with Crippen LogP contribution < -0.4 is 4.72 Å². The Bertz CT molecular complexity index is 992. The van der Waals surface area contributed by atoms with Crippen molar-refractivity contribution >= 4 is 15.7 Å². The van der Waals surface area contributed by atoms with Gasteiger partial charge in [0.05, 0.1) is 10.6 Å². The number of aromatic nitrogens is 3. The van der Waals surface area contributed by atoms with Gasteiger partial charge in [0.25, 0.3) is 0 Å². The van der Waals surface area contributed by atoms with Gasteiger partial charge in [0.1, 0.15) is 0 Å². The molecule has 132 valence electrons. The van der Waals surface area contributed by atoms with E-state index in [0.717, 1.165) is 28.3 Å². The molecule has 0 saturated heterocycles. The van der Waals surface area contributed by atoms with Gasteiger partial charge in [0, 0.05) is 24.0 Å². The molecule has 0 spiro atoms.